The van der Waals surface area contributed by atoms with Gasteiger partial charge in [-0.15, -0.1) is 0 Å². The van der Waals surface area contributed by atoms with Gasteiger partial charge in [0.05, 0.1) is 0 Å². The first-order chi connectivity index (χ1) is 3.68. The zero-order valence-electron chi connectivity index (χ0n) is 5.79. The average molecular weight is 154 g/mol. The minimum atomic E-state index is 0. The summed E-state index contributed by atoms with van der Waals surface area (Å²) in [5, 5.41) is 8.47. The number of hydrogen-bond donors (Lipinski definition) is 0. The third-order valence-corrected chi connectivity index (χ3v) is 0.211. The standard InChI is InChI=1S/C3H7NO.CHNS.Na/c1-4(2)3-5;2-1-3;/h3H,1-2H3;3H;/q;;+1/p-1. The summed E-state index contributed by atoms with van der Waals surface area (Å²) in [5.41, 5.74) is 0. The van der Waals surface area contributed by atoms with Crippen molar-refractivity contribution in [2.24, 2.45) is 0 Å². The van der Waals surface area contributed by atoms with Gasteiger partial charge in [0, 0.05) is 14.1 Å². The van der Waals surface area contributed by atoms with Crippen LogP contribution in [0.4, 0.5) is 0 Å². The molecule has 0 heterocycles. The Morgan fingerprint density at radius 1 is 1.67 bits per heavy atom. The number of nitrogens with zero attached hydrogens (tertiary/aromatic N) is 2. The molecule has 0 radical (unpaired) electrons. The van der Waals surface area contributed by atoms with Crippen molar-refractivity contribution in [3.63, 3.8) is 0 Å². The van der Waals surface area contributed by atoms with E-state index < -0.39 is 0 Å². The maximum atomic E-state index is 9.43. The Morgan fingerprint density at radius 2 is 1.78 bits per heavy atom. The van der Waals surface area contributed by atoms with Crippen LogP contribution >= 0.6 is 0 Å². The van der Waals surface area contributed by atoms with Crippen LogP contribution in [-0.2, 0) is 17.4 Å². The number of rotatable bonds is 1. The van der Waals surface area contributed by atoms with E-state index in [9.17, 15) is 4.79 Å². The molecule has 0 fully saturated rings. The zero-order valence-corrected chi connectivity index (χ0v) is 8.60. The summed E-state index contributed by atoms with van der Waals surface area (Å²) in [6.45, 7) is 0. The fourth-order valence-electron chi connectivity index (χ4n) is 0. The Morgan fingerprint density at radius 3 is 1.78 bits per heavy atom. The molecule has 0 rings (SSSR count). The van der Waals surface area contributed by atoms with Gasteiger partial charge in [-0.05, 0) is 0 Å². The first kappa shape index (κ1) is 16.1. The van der Waals surface area contributed by atoms with Crippen molar-refractivity contribution in [2.75, 3.05) is 14.1 Å². The predicted octanol–water partition coefficient (Wildman–Crippen LogP) is -3.28. The van der Waals surface area contributed by atoms with E-state index in [1.165, 1.54) is 10.3 Å². The molecule has 0 aliphatic heterocycles. The Labute approximate surface area is 82.7 Å². The van der Waals surface area contributed by atoms with E-state index in [0.29, 0.717) is 0 Å². The van der Waals surface area contributed by atoms with Crippen molar-refractivity contribution in [3.8, 4) is 5.40 Å². The Kier molecular flexibility index (Phi) is 28.1. The Bertz CT molecular complexity index is 91.1. The molecule has 1 amide bonds. The third kappa shape index (κ3) is 65.7. The molecular weight excluding hydrogens is 147 g/mol. The number of thiocyanates is 1. The number of amides is 1. The molecule has 0 saturated heterocycles. The molecule has 0 aromatic heterocycles. The quantitative estimate of drug-likeness (QED) is 0.172. The van der Waals surface area contributed by atoms with Crippen LogP contribution in [-0.4, -0.2) is 25.4 Å². The van der Waals surface area contributed by atoms with Gasteiger partial charge in [-0.3, -0.25) is 4.79 Å². The van der Waals surface area contributed by atoms with Crippen molar-refractivity contribution < 1.29 is 34.4 Å². The molecule has 3 nitrogen and oxygen atoms in total. The maximum Gasteiger partial charge on any atom is 1.00 e. The van der Waals surface area contributed by atoms with E-state index >= 15 is 0 Å². The van der Waals surface area contributed by atoms with E-state index in [0.717, 1.165) is 6.41 Å². The van der Waals surface area contributed by atoms with Gasteiger partial charge in [0.1, 0.15) is 0 Å². The van der Waals surface area contributed by atoms with Crippen molar-refractivity contribution >= 4 is 19.0 Å². The first-order valence-corrected chi connectivity index (χ1v) is 2.22. The van der Waals surface area contributed by atoms with Crippen LogP contribution in [0.5, 0.6) is 0 Å². The topological polar surface area (TPSA) is 44.1 Å². The van der Waals surface area contributed by atoms with Gasteiger partial charge in [0.25, 0.3) is 0 Å². The smallest absolute Gasteiger partial charge is 0.696 e. The van der Waals surface area contributed by atoms with Crippen LogP contribution in [0.15, 0.2) is 0 Å². The summed E-state index contributed by atoms with van der Waals surface area (Å²) in [7, 11) is 3.38. The summed E-state index contributed by atoms with van der Waals surface area (Å²) in [4.78, 5) is 10.9. The molecule has 0 aliphatic rings. The number of hydrogen-bond acceptors (Lipinski definition) is 3. The molecule has 0 aromatic rings. The molecule has 0 aromatic carbocycles. The minimum absolute atomic E-state index is 0. The monoisotopic (exact) mass is 154 g/mol. The van der Waals surface area contributed by atoms with Crippen molar-refractivity contribution in [3.05, 3.63) is 0 Å². The average Bonchev–Trinajstić information content (AvgIpc) is 1.69. The van der Waals surface area contributed by atoms with E-state index in [-0.39, 0.29) is 29.6 Å². The van der Waals surface area contributed by atoms with Crippen LogP contribution in [0.1, 0.15) is 0 Å². The summed E-state index contributed by atoms with van der Waals surface area (Å²) < 4.78 is 0. The van der Waals surface area contributed by atoms with Gasteiger partial charge in [-0.25, -0.2) is 5.26 Å². The normalized spacial score (nSPS) is 4.56. The molecule has 0 unspecified atom stereocenters. The second-order valence-electron chi connectivity index (χ2n) is 1.16. The zero-order chi connectivity index (χ0) is 6.99. The molecule has 5 heteroatoms. The van der Waals surface area contributed by atoms with Crippen molar-refractivity contribution in [2.45, 2.75) is 0 Å². The molecule has 0 N–H and O–H groups in total. The summed E-state index contributed by atoms with van der Waals surface area (Å²) in [6.07, 6.45) is 0.750. The predicted molar refractivity (Wildman–Crippen MR) is 32.7 cm³/mol. The maximum absolute atomic E-state index is 9.43. The van der Waals surface area contributed by atoms with Crippen LogP contribution in [0.2, 0.25) is 0 Å². The van der Waals surface area contributed by atoms with Crippen LogP contribution in [0.3, 0.4) is 0 Å². The van der Waals surface area contributed by atoms with E-state index in [1.807, 2.05) is 0 Å². The van der Waals surface area contributed by atoms with Gasteiger partial charge >= 0.3 is 29.6 Å². The van der Waals surface area contributed by atoms with Crippen LogP contribution in [0, 0.1) is 10.7 Å². The third-order valence-electron chi connectivity index (χ3n) is 0.211. The fourth-order valence-corrected chi connectivity index (χ4v) is 0. The number of carbonyl (C=O) groups is 1. The van der Waals surface area contributed by atoms with E-state index in [2.05, 4.69) is 12.6 Å². The van der Waals surface area contributed by atoms with Gasteiger partial charge in [-0.1, -0.05) is 5.40 Å². The van der Waals surface area contributed by atoms with E-state index in [4.69, 9.17) is 5.26 Å². The summed E-state index contributed by atoms with van der Waals surface area (Å²) in [6, 6.07) is 0. The summed E-state index contributed by atoms with van der Waals surface area (Å²) in [5.74, 6) is 0. The molecule has 0 aliphatic carbocycles. The molecule has 0 atom stereocenters. The largest absolute Gasteiger partial charge is 1.00 e. The molecule has 0 spiro atoms. The molecular formula is C4H7N2NaOS. The molecule has 0 saturated carbocycles. The van der Waals surface area contributed by atoms with Gasteiger partial charge in [0.2, 0.25) is 6.41 Å². The van der Waals surface area contributed by atoms with Crippen molar-refractivity contribution in [1.82, 2.24) is 4.90 Å². The second-order valence-corrected chi connectivity index (χ2v) is 1.34. The second kappa shape index (κ2) is 15.7. The van der Waals surface area contributed by atoms with Crippen molar-refractivity contribution in [1.29, 1.82) is 5.26 Å². The van der Waals surface area contributed by atoms with Gasteiger partial charge < -0.3 is 17.5 Å². The minimum Gasteiger partial charge on any atom is -0.696 e. The first-order valence-electron chi connectivity index (χ1n) is 1.82. The van der Waals surface area contributed by atoms with Crippen LogP contribution < -0.4 is 29.6 Å². The van der Waals surface area contributed by atoms with Gasteiger partial charge in [0.15, 0.2) is 0 Å². The SMILES string of the molecule is CN(C)C=O.N#C[S-].[Na+]. The fraction of sp³-hybridized carbons (Fsp3) is 0.500. The molecule has 0 bridgehead atoms. The van der Waals surface area contributed by atoms with Gasteiger partial charge in [-0.2, -0.15) is 0 Å². The van der Waals surface area contributed by atoms with Crippen LogP contribution in [0.25, 0.3) is 0 Å². The van der Waals surface area contributed by atoms with E-state index in [1.54, 1.807) is 14.1 Å². The number of carbonyl (C=O) groups excluding carboxylic acids is 1. The Balaban J connectivity index is -0.0000000800. The Hall–Kier alpha value is 0.180. The molecule has 46 valence electrons. The summed E-state index contributed by atoms with van der Waals surface area (Å²) >= 11 is 3.70. The number of nitriles is 1. The molecule has 9 heavy (non-hydrogen) atoms.